The average molecular weight is 211 g/mol. The molecule has 0 saturated heterocycles. The van der Waals surface area contributed by atoms with E-state index in [-0.39, 0.29) is 17.7 Å². The molecule has 15 heavy (non-hydrogen) atoms. The van der Waals surface area contributed by atoms with E-state index in [1.165, 1.54) is 12.8 Å². The van der Waals surface area contributed by atoms with E-state index in [0.29, 0.717) is 12.3 Å². The Morgan fingerprint density at radius 1 is 1.33 bits per heavy atom. The van der Waals surface area contributed by atoms with Crippen LogP contribution < -0.4 is 5.32 Å². The Morgan fingerprint density at radius 2 is 1.87 bits per heavy atom. The van der Waals surface area contributed by atoms with Crippen molar-refractivity contribution in [3.63, 3.8) is 0 Å². The van der Waals surface area contributed by atoms with Crippen LogP contribution >= 0.6 is 0 Å². The molecule has 1 amide bonds. The zero-order valence-electron chi connectivity index (χ0n) is 10.1. The van der Waals surface area contributed by atoms with Crippen molar-refractivity contribution in [3.8, 4) is 0 Å². The van der Waals surface area contributed by atoms with Gasteiger partial charge in [-0.05, 0) is 25.7 Å². The minimum Gasteiger partial charge on any atom is -0.346 e. The monoisotopic (exact) mass is 211 g/mol. The van der Waals surface area contributed by atoms with Gasteiger partial charge in [0.2, 0.25) is 5.91 Å². The second-order valence-electron chi connectivity index (χ2n) is 5.56. The Morgan fingerprint density at radius 3 is 2.27 bits per heavy atom. The van der Waals surface area contributed by atoms with Crippen LogP contribution in [-0.4, -0.2) is 17.7 Å². The molecule has 0 unspecified atom stereocenters. The highest BCUT2D eigenvalue weighted by molar-refractivity contribution is 5.90. The van der Waals surface area contributed by atoms with Crippen molar-refractivity contribution < 1.29 is 9.59 Å². The molecule has 86 valence electrons. The zero-order chi connectivity index (χ0) is 11.6. The number of carbonyl (C=O) groups is 2. The van der Waals surface area contributed by atoms with E-state index in [9.17, 15) is 9.59 Å². The number of hydrogen-bond donors (Lipinski definition) is 1. The molecule has 1 saturated carbocycles. The first-order chi connectivity index (χ1) is 6.80. The number of hydrogen-bond acceptors (Lipinski definition) is 2. The predicted octanol–water partition coefficient (Wildman–Crippen LogP) is 1.91. The summed E-state index contributed by atoms with van der Waals surface area (Å²) >= 11 is 0. The number of amides is 1. The molecule has 1 atom stereocenters. The zero-order valence-corrected chi connectivity index (χ0v) is 10.1. The number of rotatable bonds is 4. The van der Waals surface area contributed by atoms with E-state index < -0.39 is 5.41 Å². The highest BCUT2D eigenvalue weighted by Crippen LogP contribution is 2.32. The number of Topliss-reactive ketones (excluding diaryl/α,β-unsaturated/α-hetero) is 1. The summed E-state index contributed by atoms with van der Waals surface area (Å²) in [6, 6.07) is -0.336. The Bertz CT molecular complexity index is 261. The van der Waals surface area contributed by atoms with Crippen LogP contribution in [0.3, 0.4) is 0 Å². The molecular formula is C12H21NO2. The van der Waals surface area contributed by atoms with Gasteiger partial charge in [-0.1, -0.05) is 20.8 Å². The summed E-state index contributed by atoms with van der Waals surface area (Å²) in [5.74, 6) is 0.695. The van der Waals surface area contributed by atoms with Crippen LogP contribution in [-0.2, 0) is 9.59 Å². The molecule has 1 fully saturated rings. The van der Waals surface area contributed by atoms with Gasteiger partial charge in [0.05, 0.1) is 6.04 Å². The molecule has 0 bridgehead atoms. The maximum absolute atomic E-state index is 11.6. The Kier molecular flexibility index (Phi) is 3.53. The lowest BCUT2D eigenvalue weighted by atomic mass is 9.95. The van der Waals surface area contributed by atoms with Crippen molar-refractivity contribution in [1.82, 2.24) is 5.32 Å². The van der Waals surface area contributed by atoms with Gasteiger partial charge in [-0.25, -0.2) is 0 Å². The minimum atomic E-state index is -0.422. The van der Waals surface area contributed by atoms with Gasteiger partial charge in [0.15, 0.2) is 5.78 Å². The largest absolute Gasteiger partial charge is 0.346 e. The molecule has 0 heterocycles. The summed E-state index contributed by atoms with van der Waals surface area (Å²) in [4.78, 5) is 23.3. The maximum Gasteiger partial charge on any atom is 0.225 e. The number of carbonyl (C=O) groups excluding carboxylic acids is 2. The minimum absolute atomic E-state index is 0.0563. The van der Waals surface area contributed by atoms with Crippen molar-refractivity contribution in [2.75, 3.05) is 0 Å². The molecule has 1 N–H and O–H groups in total. The van der Waals surface area contributed by atoms with E-state index in [0.717, 1.165) is 0 Å². The highest BCUT2D eigenvalue weighted by atomic mass is 16.2. The van der Waals surface area contributed by atoms with Crippen molar-refractivity contribution in [3.05, 3.63) is 0 Å². The first-order valence-corrected chi connectivity index (χ1v) is 5.64. The smallest absolute Gasteiger partial charge is 0.225 e. The molecule has 0 aromatic rings. The van der Waals surface area contributed by atoms with Crippen molar-refractivity contribution >= 4 is 11.7 Å². The fourth-order valence-electron chi connectivity index (χ4n) is 1.28. The van der Waals surface area contributed by atoms with Gasteiger partial charge < -0.3 is 5.32 Å². The molecule has 0 spiro atoms. The fraction of sp³-hybridized carbons (Fsp3) is 0.833. The third-order valence-corrected chi connectivity index (χ3v) is 2.70. The summed E-state index contributed by atoms with van der Waals surface area (Å²) in [5.41, 5.74) is -0.422. The normalized spacial score (nSPS) is 18.4. The van der Waals surface area contributed by atoms with Crippen molar-refractivity contribution in [2.24, 2.45) is 11.3 Å². The Labute approximate surface area is 91.6 Å². The molecule has 3 nitrogen and oxygen atoms in total. The van der Waals surface area contributed by atoms with Gasteiger partial charge in [0.1, 0.15) is 0 Å². The van der Waals surface area contributed by atoms with Crippen LogP contribution in [0.5, 0.6) is 0 Å². The molecule has 0 aromatic heterocycles. The summed E-state index contributed by atoms with van der Waals surface area (Å²) in [7, 11) is 0. The molecule has 3 heteroatoms. The van der Waals surface area contributed by atoms with Crippen molar-refractivity contribution in [2.45, 2.75) is 53.0 Å². The number of ketones is 1. The van der Waals surface area contributed by atoms with E-state index in [4.69, 9.17) is 0 Å². The van der Waals surface area contributed by atoms with E-state index in [1.807, 2.05) is 20.8 Å². The molecule has 1 aliphatic rings. The summed E-state index contributed by atoms with van der Waals surface area (Å²) in [6.45, 7) is 7.32. The lowest BCUT2D eigenvalue weighted by molar-refractivity contribution is -0.132. The van der Waals surface area contributed by atoms with Crippen molar-refractivity contribution in [1.29, 1.82) is 0 Å². The molecule has 1 rings (SSSR count). The fourth-order valence-corrected chi connectivity index (χ4v) is 1.28. The van der Waals surface area contributed by atoms with Gasteiger partial charge >= 0.3 is 0 Å². The average Bonchev–Trinajstić information content (AvgIpc) is 2.86. The van der Waals surface area contributed by atoms with Gasteiger partial charge in [0, 0.05) is 11.8 Å². The second-order valence-corrected chi connectivity index (χ2v) is 5.56. The Balaban J connectivity index is 2.36. The van der Waals surface area contributed by atoms with Gasteiger partial charge in [-0.2, -0.15) is 0 Å². The van der Waals surface area contributed by atoms with Crippen LogP contribution in [0.2, 0.25) is 0 Å². The predicted molar refractivity (Wildman–Crippen MR) is 59.4 cm³/mol. The number of nitrogens with one attached hydrogen (secondary N) is 1. The van der Waals surface area contributed by atoms with Crippen LogP contribution in [0, 0.1) is 11.3 Å². The maximum atomic E-state index is 11.6. The van der Waals surface area contributed by atoms with E-state index >= 15 is 0 Å². The topological polar surface area (TPSA) is 46.2 Å². The molecule has 0 aliphatic heterocycles. The standard InChI is InChI=1S/C12H21NO2/c1-8(10(14)7-9-5-6-9)13-11(15)12(2,3)4/h8-9H,5-7H2,1-4H3,(H,13,15)/t8-/m1/s1. The molecule has 1 aliphatic carbocycles. The quantitative estimate of drug-likeness (QED) is 0.772. The summed E-state index contributed by atoms with van der Waals surface area (Å²) < 4.78 is 0. The first-order valence-electron chi connectivity index (χ1n) is 5.64. The summed E-state index contributed by atoms with van der Waals surface area (Å²) in [5, 5.41) is 2.76. The lowest BCUT2D eigenvalue weighted by Gasteiger charge is -2.21. The second kappa shape index (κ2) is 4.33. The van der Waals surface area contributed by atoms with E-state index in [2.05, 4.69) is 5.32 Å². The molecule has 0 radical (unpaired) electrons. The Hall–Kier alpha value is -0.860. The van der Waals surface area contributed by atoms with Crippen LogP contribution in [0.25, 0.3) is 0 Å². The van der Waals surface area contributed by atoms with Crippen LogP contribution in [0.1, 0.15) is 47.0 Å². The molecule has 0 aromatic carbocycles. The van der Waals surface area contributed by atoms with Crippen LogP contribution in [0.15, 0.2) is 0 Å². The van der Waals surface area contributed by atoms with Crippen LogP contribution in [0.4, 0.5) is 0 Å². The third-order valence-electron chi connectivity index (χ3n) is 2.70. The third kappa shape index (κ3) is 4.02. The first kappa shape index (κ1) is 12.2. The highest BCUT2D eigenvalue weighted by Gasteiger charge is 2.29. The summed E-state index contributed by atoms with van der Waals surface area (Å²) in [6.07, 6.45) is 2.98. The van der Waals surface area contributed by atoms with Gasteiger partial charge in [0.25, 0.3) is 0 Å². The van der Waals surface area contributed by atoms with E-state index in [1.54, 1.807) is 6.92 Å². The van der Waals surface area contributed by atoms with Gasteiger partial charge in [-0.3, -0.25) is 9.59 Å². The SMILES string of the molecule is C[C@@H](NC(=O)C(C)(C)C)C(=O)CC1CC1. The van der Waals surface area contributed by atoms with Gasteiger partial charge in [-0.15, -0.1) is 0 Å². The lowest BCUT2D eigenvalue weighted by Crippen LogP contribution is -2.44. The molecular weight excluding hydrogens is 190 g/mol.